The number of hydrogen-bond acceptors (Lipinski definition) is 5. The standard InChI is InChI=1S/C21H39NO5/c1-19(2)7-5-6-8-21(23)22-10-12-25-14-16-27-18-17-26-15-13-24-11-9-20(3)4/h19-20H,6,8-18H2,1-4H3,(H,22,23). The third-order valence-electron chi connectivity index (χ3n) is 3.39. The fraction of sp³-hybridized carbons (Fsp3) is 0.857. The zero-order valence-electron chi connectivity index (χ0n) is 17.7. The summed E-state index contributed by atoms with van der Waals surface area (Å²) in [5.74, 6) is 7.07. The highest BCUT2D eigenvalue weighted by molar-refractivity contribution is 5.76. The van der Waals surface area contributed by atoms with Crippen molar-refractivity contribution in [1.82, 2.24) is 5.32 Å². The van der Waals surface area contributed by atoms with E-state index in [-0.39, 0.29) is 5.91 Å². The molecule has 1 amide bonds. The average molecular weight is 386 g/mol. The summed E-state index contributed by atoms with van der Waals surface area (Å²) in [4.78, 5) is 11.6. The molecule has 0 saturated carbocycles. The van der Waals surface area contributed by atoms with Crippen molar-refractivity contribution >= 4 is 5.91 Å². The predicted octanol–water partition coefficient (Wildman–Crippen LogP) is 2.65. The molecule has 27 heavy (non-hydrogen) atoms. The van der Waals surface area contributed by atoms with Crippen molar-refractivity contribution in [3.05, 3.63) is 0 Å². The van der Waals surface area contributed by atoms with Crippen LogP contribution in [0, 0.1) is 23.7 Å². The van der Waals surface area contributed by atoms with E-state index in [2.05, 4.69) is 31.0 Å². The van der Waals surface area contributed by atoms with E-state index in [4.69, 9.17) is 18.9 Å². The van der Waals surface area contributed by atoms with Gasteiger partial charge in [-0.1, -0.05) is 27.7 Å². The van der Waals surface area contributed by atoms with E-state index in [1.807, 2.05) is 13.8 Å². The van der Waals surface area contributed by atoms with Gasteiger partial charge in [-0.25, -0.2) is 0 Å². The van der Waals surface area contributed by atoms with E-state index in [1.54, 1.807) is 0 Å². The quantitative estimate of drug-likeness (QED) is 0.308. The molecule has 0 radical (unpaired) electrons. The van der Waals surface area contributed by atoms with Crippen LogP contribution in [0.2, 0.25) is 0 Å². The van der Waals surface area contributed by atoms with Crippen LogP contribution in [0.15, 0.2) is 0 Å². The first-order valence-corrected chi connectivity index (χ1v) is 10.1. The van der Waals surface area contributed by atoms with E-state index < -0.39 is 0 Å². The molecule has 1 N–H and O–H groups in total. The molecular weight excluding hydrogens is 346 g/mol. The van der Waals surface area contributed by atoms with Gasteiger partial charge in [0.25, 0.3) is 0 Å². The van der Waals surface area contributed by atoms with Crippen LogP contribution in [0.4, 0.5) is 0 Å². The van der Waals surface area contributed by atoms with Gasteiger partial charge in [0.15, 0.2) is 0 Å². The topological polar surface area (TPSA) is 66.0 Å². The first kappa shape index (κ1) is 25.9. The molecule has 0 aromatic heterocycles. The number of carbonyl (C=O) groups is 1. The second-order valence-electron chi connectivity index (χ2n) is 6.96. The first-order chi connectivity index (χ1) is 13.0. The molecular formula is C21H39NO5. The smallest absolute Gasteiger partial charge is 0.221 e. The largest absolute Gasteiger partial charge is 0.379 e. The van der Waals surface area contributed by atoms with Crippen LogP contribution >= 0.6 is 0 Å². The van der Waals surface area contributed by atoms with Gasteiger partial charge in [-0.15, -0.1) is 11.8 Å². The average Bonchev–Trinajstić information content (AvgIpc) is 2.61. The molecule has 0 heterocycles. The maximum atomic E-state index is 11.6. The molecule has 0 aliphatic heterocycles. The summed E-state index contributed by atoms with van der Waals surface area (Å²) in [6.07, 6.45) is 2.12. The lowest BCUT2D eigenvalue weighted by molar-refractivity contribution is -0.121. The molecule has 0 fully saturated rings. The van der Waals surface area contributed by atoms with Crippen LogP contribution in [-0.2, 0) is 23.7 Å². The number of hydrogen-bond donors (Lipinski definition) is 1. The molecule has 0 atom stereocenters. The molecule has 0 rings (SSSR count). The normalized spacial score (nSPS) is 10.9. The number of rotatable bonds is 17. The summed E-state index contributed by atoms with van der Waals surface area (Å²) in [5, 5.41) is 2.81. The van der Waals surface area contributed by atoms with E-state index in [0.717, 1.165) is 13.0 Å². The highest BCUT2D eigenvalue weighted by Gasteiger charge is 1.99. The van der Waals surface area contributed by atoms with Crippen molar-refractivity contribution in [3.63, 3.8) is 0 Å². The molecule has 0 aromatic rings. The molecule has 6 heteroatoms. The van der Waals surface area contributed by atoms with Gasteiger partial charge in [-0.05, 0) is 12.3 Å². The third kappa shape index (κ3) is 22.8. The molecule has 0 spiro atoms. The van der Waals surface area contributed by atoms with E-state index >= 15 is 0 Å². The Morgan fingerprint density at radius 1 is 0.815 bits per heavy atom. The maximum absolute atomic E-state index is 11.6. The predicted molar refractivity (Wildman–Crippen MR) is 108 cm³/mol. The number of carbonyl (C=O) groups excluding carboxylic acids is 1. The van der Waals surface area contributed by atoms with Crippen molar-refractivity contribution in [3.8, 4) is 11.8 Å². The molecule has 0 aliphatic carbocycles. The second-order valence-corrected chi connectivity index (χ2v) is 6.96. The van der Waals surface area contributed by atoms with Crippen LogP contribution in [0.25, 0.3) is 0 Å². The van der Waals surface area contributed by atoms with Crippen molar-refractivity contribution < 1.29 is 23.7 Å². The maximum Gasteiger partial charge on any atom is 0.221 e. The fourth-order valence-corrected chi connectivity index (χ4v) is 1.88. The number of nitrogens with one attached hydrogen (secondary N) is 1. The van der Waals surface area contributed by atoms with Gasteiger partial charge in [0.05, 0.1) is 46.2 Å². The van der Waals surface area contributed by atoms with Crippen molar-refractivity contribution in [2.75, 3.05) is 59.4 Å². The van der Waals surface area contributed by atoms with Gasteiger partial charge in [0, 0.05) is 31.9 Å². The molecule has 0 unspecified atom stereocenters. The van der Waals surface area contributed by atoms with Crippen LogP contribution in [0.5, 0.6) is 0 Å². The summed E-state index contributed by atoms with van der Waals surface area (Å²) in [6, 6.07) is 0. The second kappa shape index (κ2) is 19.6. The first-order valence-electron chi connectivity index (χ1n) is 10.1. The zero-order chi connectivity index (χ0) is 20.2. The third-order valence-corrected chi connectivity index (χ3v) is 3.39. The van der Waals surface area contributed by atoms with Crippen molar-refractivity contribution in [2.24, 2.45) is 11.8 Å². The summed E-state index contributed by atoms with van der Waals surface area (Å²) in [5.41, 5.74) is 0. The fourth-order valence-electron chi connectivity index (χ4n) is 1.88. The monoisotopic (exact) mass is 385 g/mol. The molecule has 0 saturated heterocycles. The minimum atomic E-state index is 0.0123. The Kier molecular flexibility index (Phi) is 18.8. The highest BCUT2D eigenvalue weighted by Crippen LogP contribution is 1.98. The van der Waals surface area contributed by atoms with E-state index in [1.165, 1.54) is 0 Å². The van der Waals surface area contributed by atoms with Gasteiger partial charge in [-0.3, -0.25) is 4.79 Å². The highest BCUT2D eigenvalue weighted by atomic mass is 16.6. The van der Waals surface area contributed by atoms with Gasteiger partial charge in [0.2, 0.25) is 5.91 Å². The minimum Gasteiger partial charge on any atom is -0.379 e. The van der Waals surface area contributed by atoms with Crippen molar-refractivity contribution in [1.29, 1.82) is 0 Å². The molecule has 158 valence electrons. The Labute approximate surface area is 165 Å². The Morgan fingerprint density at radius 3 is 1.85 bits per heavy atom. The molecule has 6 nitrogen and oxygen atoms in total. The van der Waals surface area contributed by atoms with Gasteiger partial charge >= 0.3 is 0 Å². The van der Waals surface area contributed by atoms with Gasteiger partial charge in [0.1, 0.15) is 0 Å². The molecule has 0 aliphatic rings. The molecule has 0 aromatic carbocycles. The van der Waals surface area contributed by atoms with E-state index in [0.29, 0.717) is 77.5 Å². The Morgan fingerprint density at radius 2 is 1.33 bits per heavy atom. The van der Waals surface area contributed by atoms with Crippen LogP contribution in [0.3, 0.4) is 0 Å². The lowest BCUT2D eigenvalue weighted by Crippen LogP contribution is -2.27. The van der Waals surface area contributed by atoms with Crippen molar-refractivity contribution in [2.45, 2.75) is 47.0 Å². The number of amides is 1. The van der Waals surface area contributed by atoms with E-state index in [9.17, 15) is 4.79 Å². The number of ether oxygens (including phenoxy) is 4. The summed E-state index contributed by atoms with van der Waals surface area (Å²) < 4.78 is 21.7. The summed E-state index contributed by atoms with van der Waals surface area (Å²) >= 11 is 0. The zero-order valence-corrected chi connectivity index (χ0v) is 17.7. The van der Waals surface area contributed by atoms with Gasteiger partial charge in [-0.2, -0.15) is 0 Å². The van der Waals surface area contributed by atoms with Crippen LogP contribution in [0.1, 0.15) is 47.0 Å². The van der Waals surface area contributed by atoms with Crippen LogP contribution < -0.4 is 5.32 Å². The molecule has 0 bridgehead atoms. The van der Waals surface area contributed by atoms with Gasteiger partial charge < -0.3 is 24.3 Å². The Hall–Kier alpha value is -1.13. The Balaban J connectivity index is 3.19. The lowest BCUT2D eigenvalue weighted by atomic mass is 10.1. The minimum absolute atomic E-state index is 0.0123. The summed E-state index contributed by atoms with van der Waals surface area (Å²) in [7, 11) is 0. The Bertz CT molecular complexity index is 401. The SMILES string of the molecule is CC(C)C#CCCC(=O)NCCOCCOCCOCCOCCC(C)C. The summed E-state index contributed by atoms with van der Waals surface area (Å²) in [6.45, 7) is 13.6. The lowest BCUT2D eigenvalue weighted by Gasteiger charge is -2.08. The van der Waals surface area contributed by atoms with Crippen LogP contribution in [-0.4, -0.2) is 65.3 Å².